The molecule has 55 heavy (non-hydrogen) atoms. The summed E-state index contributed by atoms with van der Waals surface area (Å²) in [5, 5.41) is 0. The van der Waals surface area contributed by atoms with Gasteiger partial charge in [0.2, 0.25) is 0 Å². The van der Waals surface area contributed by atoms with Crippen LogP contribution in [0.15, 0.2) is 60.8 Å². The van der Waals surface area contributed by atoms with Crippen molar-refractivity contribution in [1.29, 1.82) is 0 Å². The lowest BCUT2D eigenvalue weighted by molar-refractivity contribution is -0.167. The SMILES string of the molecule is CC/C=C\C/C=C\C/C=C\C/C=C\CCCCCCCCC(=O)OCC(COC(=O)CCCCCCCCCCC)OC(=O)CCC/C=C\CCCCCC. The Bertz CT molecular complexity index is 1020. The molecule has 0 bridgehead atoms. The standard InChI is InChI=1S/C49H84O6/c1-4-7-10-13-16-19-20-21-22-23-24-25-26-27-28-31-33-36-39-42-48(51)54-45-46(55-49(52)43-40-37-34-30-18-15-12-9-6-3)44-53-47(50)41-38-35-32-29-17-14-11-8-5-2/h7,10,16,19,21-22,24-25,30,34,46H,4-6,8-9,11-15,17-18,20,23,26-29,31-33,35-45H2,1-3H3/b10-7-,19-16-,22-21-,25-24-,34-30-. The van der Waals surface area contributed by atoms with Gasteiger partial charge in [0.1, 0.15) is 13.2 Å². The Morgan fingerprint density at radius 2 is 0.727 bits per heavy atom. The highest BCUT2D eigenvalue weighted by Gasteiger charge is 2.19. The van der Waals surface area contributed by atoms with Crippen molar-refractivity contribution < 1.29 is 28.6 Å². The quantitative estimate of drug-likeness (QED) is 0.0267. The lowest BCUT2D eigenvalue weighted by atomic mass is 10.1. The zero-order valence-electron chi connectivity index (χ0n) is 35.9. The average Bonchev–Trinajstić information content (AvgIpc) is 3.18. The summed E-state index contributed by atoms with van der Waals surface area (Å²) in [6.07, 6.45) is 52.2. The second-order valence-corrected chi connectivity index (χ2v) is 14.9. The Hall–Kier alpha value is -2.89. The molecule has 0 aliphatic heterocycles. The lowest BCUT2D eigenvalue weighted by Crippen LogP contribution is -2.30. The molecule has 1 unspecified atom stereocenters. The van der Waals surface area contributed by atoms with E-state index in [0.29, 0.717) is 19.3 Å². The number of hydrogen-bond donors (Lipinski definition) is 0. The van der Waals surface area contributed by atoms with Gasteiger partial charge in [-0.05, 0) is 77.0 Å². The van der Waals surface area contributed by atoms with Crippen LogP contribution in [0.25, 0.3) is 0 Å². The molecule has 6 heteroatoms. The highest BCUT2D eigenvalue weighted by atomic mass is 16.6. The smallest absolute Gasteiger partial charge is 0.306 e. The fraction of sp³-hybridized carbons (Fsp3) is 0.735. The molecule has 0 aliphatic rings. The number of allylic oxidation sites excluding steroid dienone is 10. The second kappa shape index (κ2) is 43.8. The first-order valence-electron chi connectivity index (χ1n) is 22.8. The third-order valence-corrected chi connectivity index (χ3v) is 9.51. The highest BCUT2D eigenvalue weighted by Crippen LogP contribution is 2.13. The van der Waals surface area contributed by atoms with E-state index in [2.05, 4.69) is 81.5 Å². The van der Waals surface area contributed by atoms with Crippen LogP contribution in [0.4, 0.5) is 0 Å². The molecule has 316 valence electrons. The Labute approximate surface area is 339 Å². The molecule has 0 radical (unpaired) electrons. The molecule has 0 aliphatic carbocycles. The van der Waals surface area contributed by atoms with Crippen molar-refractivity contribution in [3.63, 3.8) is 0 Å². The van der Waals surface area contributed by atoms with Gasteiger partial charge in [-0.3, -0.25) is 14.4 Å². The third-order valence-electron chi connectivity index (χ3n) is 9.51. The summed E-state index contributed by atoms with van der Waals surface area (Å²) >= 11 is 0. The van der Waals surface area contributed by atoms with Gasteiger partial charge in [0.05, 0.1) is 0 Å². The minimum absolute atomic E-state index is 0.0894. The fourth-order valence-electron chi connectivity index (χ4n) is 6.08. The van der Waals surface area contributed by atoms with Gasteiger partial charge in [0.15, 0.2) is 6.10 Å². The van der Waals surface area contributed by atoms with Gasteiger partial charge in [-0.15, -0.1) is 0 Å². The summed E-state index contributed by atoms with van der Waals surface area (Å²) < 4.78 is 16.6. The summed E-state index contributed by atoms with van der Waals surface area (Å²) in [4.78, 5) is 37.6. The van der Waals surface area contributed by atoms with Crippen molar-refractivity contribution in [3.05, 3.63) is 60.8 Å². The predicted molar refractivity (Wildman–Crippen MR) is 233 cm³/mol. The van der Waals surface area contributed by atoms with E-state index in [9.17, 15) is 14.4 Å². The van der Waals surface area contributed by atoms with Crippen LogP contribution in [-0.4, -0.2) is 37.2 Å². The second-order valence-electron chi connectivity index (χ2n) is 14.9. The van der Waals surface area contributed by atoms with Crippen molar-refractivity contribution in [2.75, 3.05) is 13.2 Å². The molecular weight excluding hydrogens is 685 g/mol. The van der Waals surface area contributed by atoms with E-state index in [1.807, 2.05) is 0 Å². The molecule has 0 aromatic rings. The van der Waals surface area contributed by atoms with Gasteiger partial charge < -0.3 is 14.2 Å². The van der Waals surface area contributed by atoms with E-state index in [-0.39, 0.29) is 37.5 Å². The van der Waals surface area contributed by atoms with E-state index in [0.717, 1.165) is 83.5 Å². The van der Waals surface area contributed by atoms with Crippen LogP contribution in [0.1, 0.15) is 213 Å². The number of hydrogen-bond acceptors (Lipinski definition) is 6. The number of esters is 3. The largest absolute Gasteiger partial charge is 0.462 e. The Kier molecular flexibility index (Phi) is 41.5. The third kappa shape index (κ3) is 42.1. The van der Waals surface area contributed by atoms with Gasteiger partial charge in [0.25, 0.3) is 0 Å². The molecule has 0 heterocycles. The molecule has 1 atom stereocenters. The number of carbonyl (C=O) groups excluding carboxylic acids is 3. The zero-order valence-corrected chi connectivity index (χ0v) is 35.9. The van der Waals surface area contributed by atoms with Crippen LogP contribution in [0.3, 0.4) is 0 Å². The van der Waals surface area contributed by atoms with Gasteiger partial charge >= 0.3 is 17.9 Å². The summed E-state index contributed by atoms with van der Waals surface area (Å²) in [6.45, 7) is 6.42. The lowest BCUT2D eigenvalue weighted by Gasteiger charge is -2.18. The Morgan fingerprint density at radius 1 is 0.382 bits per heavy atom. The maximum absolute atomic E-state index is 12.6. The van der Waals surface area contributed by atoms with Crippen molar-refractivity contribution >= 4 is 17.9 Å². The zero-order chi connectivity index (χ0) is 40.1. The molecule has 0 aromatic carbocycles. The number of rotatable bonds is 40. The number of unbranched alkanes of at least 4 members (excludes halogenated alkanes) is 19. The maximum Gasteiger partial charge on any atom is 0.306 e. The molecule has 6 nitrogen and oxygen atoms in total. The van der Waals surface area contributed by atoms with E-state index >= 15 is 0 Å². The first-order valence-corrected chi connectivity index (χ1v) is 22.8. The van der Waals surface area contributed by atoms with Crippen molar-refractivity contribution in [3.8, 4) is 0 Å². The topological polar surface area (TPSA) is 78.9 Å². The average molecular weight is 769 g/mol. The monoisotopic (exact) mass is 769 g/mol. The van der Waals surface area contributed by atoms with Crippen LogP contribution in [0.5, 0.6) is 0 Å². The highest BCUT2D eigenvalue weighted by molar-refractivity contribution is 5.71. The van der Waals surface area contributed by atoms with Gasteiger partial charge in [-0.2, -0.15) is 0 Å². The number of carbonyl (C=O) groups is 3. The molecule has 0 aromatic heterocycles. The normalized spacial score (nSPS) is 12.6. The van der Waals surface area contributed by atoms with Crippen molar-refractivity contribution in [2.24, 2.45) is 0 Å². The Morgan fingerprint density at radius 3 is 1.20 bits per heavy atom. The van der Waals surface area contributed by atoms with Crippen LogP contribution in [0.2, 0.25) is 0 Å². The first-order chi connectivity index (χ1) is 27.0. The van der Waals surface area contributed by atoms with E-state index in [1.54, 1.807) is 0 Å². The van der Waals surface area contributed by atoms with Crippen LogP contribution >= 0.6 is 0 Å². The van der Waals surface area contributed by atoms with Crippen LogP contribution in [-0.2, 0) is 28.6 Å². The van der Waals surface area contributed by atoms with Gasteiger partial charge in [-0.25, -0.2) is 0 Å². The van der Waals surface area contributed by atoms with Crippen molar-refractivity contribution in [2.45, 2.75) is 219 Å². The maximum atomic E-state index is 12.6. The summed E-state index contributed by atoms with van der Waals surface area (Å²) in [6, 6.07) is 0. The Balaban J connectivity index is 4.32. The molecule has 0 saturated heterocycles. The molecule has 0 saturated carbocycles. The molecule has 0 N–H and O–H groups in total. The number of ether oxygens (including phenoxy) is 3. The molecular formula is C49H84O6. The van der Waals surface area contributed by atoms with E-state index < -0.39 is 6.10 Å². The minimum Gasteiger partial charge on any atom is -0.462 e. The summed E-state index contributed by atoms with van der Waals surface area (Å²) in [7, 11) is 0. The van der Waals surface area contributed by atoms with Crippen molar-refractivity contribution in [1.82, 2.24) is 0 Å². The van der Waals surface area contributed by atoms with E-state index in [4.69, 9.17) is 14.2 Å². The predicted octanol–water partition coefficient (Wildman–Crippen LogP) is 14.5. The molecule has 0 fully saturated rings. The molecule has 0 spiro atoms. The molecule has 0 amide bonds. The molecule has 0 rings (SSSR count). The summed E-state index contributed by atoms with van der Waals surface area (Å²) in [5.74, 6) is -0.947. The minimum atomic E-state index is -0.789. The van der Waals surface area contributed by atoms with Gasteiger partial charge in [-0.1, -0.05) is 178 Å². The van der Waals surface area contributed by atoms with E-state index in [1.165, 1.54) is 83.5 Å². The van der Waals surface area contributed by atoms with Gasteiger partial charge in [0, 0.05) is 19.3 Å². The first kappa shape index (κ1) is 52.1. The fourth-order valence-corrected chi connectivity index (χ4v) is 6.08. The van der Waals surface area contributed by atoms with Crippen LogP contribution in [0, 0.1) is 0 Å². The van der Waals surface area contributed by atoms with Crippen LogP contribution < -0.4 is 0 Å². The summed E-state index contributed by atoms with van der Waals surface area (Å²) in [5.41, 5.74) is 0.